The summed E-state index contributed by atoms with van der Waals surface area (Å²) < 4.78 is 13.8. The van der Waals surface area contributed by atoms with Gasteiger partial charge in [0.15, 0.2) is 0 Å². The minimum absolute atomic E-state index is 0.0277. The van der Waals surface area contributed by atoms with Gasteiger partial charge in [-0.25, -0.2) is 0 Å². The average Bonchev–Trinajstić information content (AvgIpc) is 3.16. The lowest BCUT2D eigenvalue weighted by atomic mass is 10.00. The Morgan fingerprint density at radius 1 is 0.688 bits per heavy atom. The Kier molecular flexibility index (Phi) is 6.06. The molecule has 1 heterocycles. The van der Waals surface area contributed by atoms with Crippen molar-refractivity contribution in [3.8, 4) is 0 Å². The molecule has 0 aliphatic heterocycles. The summed E-state index contributed by atoms with van der Waals surface area (Å²) >= 11 is 0. The number of ether oxygens (including phenoxy) is 2. The Bertz CT molecular complexity index is 1280. The third kappa shape index (κ3) is 3.74. The molecule has 4 aromatic carbocycles. The maximum atomic E-state index is 9.28. The van der Waals surface area contributed by atoms with E-state index in [0.29, 0.717) is 13.2 Å². The third-order valence-corrected chi connectivity index (χ3v) is 6.02. The normalized spacial score (nSPS) is 12.9. The molecule has 164 valence electrons. The number of fused-ring (bicyclic) bond motifs is 7. The van der Waals surface area contributed by atoms with Crippen molar-refractivity contribution in [1.82, 2.24) is 4.57 Å². The monoisotopic (exact) mass is 429 g/mol. The van der Waals surface area contributed by atoms with Crippen LogP contribution in [0.25, 0.3) is 43.4 Å². The lowest BCUT2D eigenvalue weighted by Crippen LogP contribution is -2.27. The highest BCUT2D eigenvalue weighted by Gasteiger charge is 2.19. The predicted molar refractivity (Wildman–Crippen MR) is 129 cm³/mol. The quantitative estimate of drug-likeness (QED) is 0.339. The summed E-state index contributed by atoms with van der Waals surface area (Å²) in [5, 5.41) is 25.7. The summed E-state index contributed by atoms with van der Waals surface area (Å²) in [4.78, 5) is 0. The molecule has 0 aliphatic rings. The zero-order valence-electron chi connectivity index (χ0n) is 17.9. The second-order valence-electron chi connectivity index (χ2n) is 7.99. The van der Waals surface area contributed by atoms with E-state index >= 15 is 0 Å². The Labute approximate surface area is 186 Å². The Morgan fingerprint density at radius 3 is 1.81 bits per heavy atom. The van der Waals surface area contributed by atoms with Crippen LogP contribution in [0.5, 0.6) is 0 Å². The lowest BCUT2D eigenvalue weighted by Gasteiger charge is -2.20. The van der Waals surface area contributed by atoms with Gasteiger partial charge in [0.05, 0.1) is 45.7 Å². The molecule has 0 saturated carbocycles. The Balaban J connectivity index is 1.74. The van der Waals surface area contributed by atoms with E-state index in [-0.39, 0.29) is 32.5 Å². The van der Waals surface area contributed by atoms with E-state index in [0.717, 1.165) is 11.0 Å². The van der Waals surface area contributed by atoms with Gasteiger partial charge in [0.1, 0.15) is 0 Å². The summed E-state index contributed by atoms with van der Waals surface area (Å²) in [5.74, 6) is 0. The number of hydrogen-bond donors (Lipinski definition) is 2. The molecule has 1 unspecified atom stereocenters. The van der Waals surface area contributed by atoms with E-state index in [1.807, 2.05) is 0 Å². The second kappa shape index (κ2) is 9.27. The van der Waals surface area contributed by atoms with Gasteiger partial charge in [0, 0.05) is 21.8 Å². The van der Waals surface area contributed by atoms with Crippen molar-refractivity contribution in [1.29, 1.82) is 0 Å². The van der Waals surface area contributed by atoms with E-state index in [2.05, 4.69) is 77.4 Å². The molecule has 5 nitrogen and oxygen atoms in total. The van der Waals surface area contributed by atoms with E-state index in [9.17, 15) is 5.11 Å². The molecule has 1 atom stereocenters. The van der Waals surface area contributed by atoms with Crippen molar-refractivity contribution >= 4 is 43.4 Å². The molecule has 1 aromatic heterocycles. The number of rotatable bonds is 9. The van der Waals surface area contributed by atoms with Gasteiger partial charge < -0.3 is 24.3 Å². The third-order valence-electron chi connectivity index (χ3n) is 6.02. The van der Waals surface area contributed by atoms with Gasteiger partial charge >= 0.3 is 0 Å². The van der Waals surface area contributed by atoms with E-state index in [1.54, 1.807) is 0 Å². The van der Waals surface area contributed by atoms with Crippen molar-refractivity contribution in [3.05, 3.63) is 72.8 Å². The zero-order valence-corrected chi connectivity index (χ0v) is 17.9. The van der Waals surface area contributed by atoms with Gasteiger partial charge in [-0.3, -0.25) is 0 Å². The van der Waals surface area contributed by atoms with Crippen LogP contribution >= 0.6 is 0 Å². The zero-order chi connectivity index (χ0) is 21.9. The highest BCUT2D eigenvalue weighted by atomic mass is 16.5. The van der Waals surface area contributed by atoms with Crippen LogP contribution in [0.1, 0.15) is 0 Å². The van der Waals surface area contributed by atoms with Crippen LogP contribution in [-0.4, -0.2) is 53.9 Å². The lowest BCUT2D eigenvalue weighted by molar-refractivity contribution is -0.0394. The van der Waals surface area contributed by atoms with Crippen LogP contribution in [0.2, 0.25) is 0 Å². The van der Waals surface area contributed by atoms with Gasteiger partial charge in [-0.05, 0) is 33.7 Å². The first kappa shape index (κ1) is 20.9. The fraction of sp³-hybridized carbons (Fsp3) is 0.259. The fourth-order valence-electron chi connectivity index (χ4n) is 4.68. The molecule has 2 N–H and O–H groups in total. The number of aliphatic hydroxyl groups excluding tert-OH is 2. The molecule has 32 heavy (non-hydrogen) atoms. The molecular weight excluding hydrogens is 402 g/mol. The van der Waals surface area contributed by atoms with Crippen molar-refractivity contribution in [2.24, 2.45) is 0 Å². The first-order chi connectivity index (χ1) is 15.8. The molecule has 0 radical (unpaired) electrons. The SMILES string of the molecule is OCCOCC(Cn1c2ccc3ccccc3c2c2c3ccccc3ccc21)OCCO. The van der Waals surface area contributed by atoms with Crippen LogP contribution in [0, 0.1) is 0 Å². The first-order valence-electron chi connectivity index (χ1n) is 11.0. The van der Waals surface area contributed by atoms with Crippen molar-refractivity contribution < 1.29 is 19.7 Å². The molecule has 0 spiro atoms. The number of nitrogens with zero attached hydrogens (tertiary/aromatic N) is 1. The molecule has 0 amide bonds. The minimum atomic E-state index is -0.245. The van der Waals surface area contributed by atoms with Gasteiger partial charge in [0.2, 0.25) is 0 Å². The molecule has 5 heteroatoms. The van der Waals surface area contributed by atoms with Crippen LogP contribution in [0.3, 0.4) is 0 Å². The molecule has 0 fully saturated rings. The van der Waals surface area contributed by atoms with Gasteiger partial charge in [0.25, 0.3) is 0 Å². The number of benzene rings is 4. The molecule has 0 saturated heterocycles. The molecular formula is C27H27NO4. The molecule has 5 aromatic rings. The van der Waals surface area contributed by atoms with Gasteiger partial charge in [-0.1, -0.05) is 60.7 Å². The topological polar surface area (TPSA) is 63.9 Å². The van der Waals surface area contributed by atoms with Crippen molar-refractivity contribution in [2.75, 3.05) is 33.0 Å². The molecule has 5 rings (SSSR count). The predicted octanol–water partition coefficient (Wildman–Crippen LogP) is 4.49. The standard InChI is InChI=1S/C27H27NO4/c29-13-15-31-18-21(32-16-14-30)17-28-24-11-9-19-5-1-3-7-22(19)26(24)27-23-8-4-2-6-20(23)10-12-25(27)28/h1-12,21,29-30H,13-18H2. The summed E-state index contributed by atoms with van der Waals surface area (Å²) in [6.45, 7) is 1.38. The Morgan fingerprint density at radius 2 is 1.25 bits per heavy atom. The number of hydrogen-bond acceptors (Lipinski definition) is 4. The maximum Gasteiger partial charge on any atom is 0.0988 e. The highest BCUT2D eigenvalue weighted by Crippen LogP contribution is 2.39. The summed E-state index contributed by atoms with van der Waals surface area (Å²) in [6, 6.07) is 25.7. The van der Waals surface area contributed by atoms with Crippen LogP contribution < -0.4 is 0 Å². The van der Waals surface area contributed by atoms with Gasteiger partial charge in [-0.15, -0.1) is 0 Å². The average molecular weight is 430 g/mol. The largest absolute Gasteiger partial charge is 0.394 e. The first-order valence-corrected chi connectivity index (χ1v) is 11.0. The summed E-state index contributed by atoms with van der Waals surface area (Å²) in [6.07, 6.45) is -0.245. The van der Waals surface area contributed by atoms with Crippen LogP contribution in [-0.2, 0) is 16.0 Å². The maximum absolute atomic E-state index is 9.28. The van der Waals surface area contributed by atoms with Crippen LogP contribution in [0.4, 0.5) is 0 Å². The van der Waals surface area contributed by atoms with Crippen LogP contribution in [0.15, 0.2) is 72.8 Å². The summed E-state index contributed by atoms with van der Waals surface area (Å²) in [5.41, 5.74) is 2.30. The fourth-order valence-corrected chi connectivity index (χ4v) is 4.68. The smallest absolute Gasteiger partial charge is 0.0988 e. The van der Waals surface area contributed by atoms with E-state index in [4.69, 9.17) is 14.6 Å². The highest BCUT2D eigenvalue weighted by molar-refractivity contribution is 6.27. The second-order valence-corrected chi connectivity index (χ2v) is 7.99. The van der Waals surface area contributed by atoms with E-state index in [1.165, 1.54) is 32.3 Å². The van der Waals surface area contributed by atoms with Gasteiger partial charge in [-0.2, -0.15) is 0 Å². The van der Waals surface area contributed by atoms with Crippen molar-refractivity contribution in [3.63, 3.8) is 0 Å². The molecule has 0 aliphatic carbocycles. The minimum Gasteiger partial charge on any atom is -0.394 e. The van der Waals surface area contributed by atoms with Crippen molar-refractivity contribution in [2.45, 2.75) is 12.6 Å². The summed E-state index contributed by atoms with van der Waals surface area (Å²) in [7, 11) is 0. The van der Waals surface area contributed by atoms with E-state index < -0.39 is 0 Å². The number of aliphatic hydroxyl groups is 2. The number of aromatic nitrogens is 1. The molecule has 0 bridgehead atoms. The Hall–Kier alpha value is -2.96.